The number of carbonyl (C=O) groups excluding carboxylic acids is 1. The molecule has 0 radical (unpaired) electrons. The standard InChI is InChI=1S/C10H11NO/c1-6-3-2-4-7-8(6)5-9(7)10(11)12/h2-4,9H,5H2,1H3,(H2,11,12). The third-order valence-electron chi connectivity index (χ3n) is 2.57. The zero-order chi connectivity index (χ0) is 8.72. The second kappa shape index (κ2) is 2.34. The fourth-order valence-corrected chi connectivity index (χ4v) is 1.77. The van der Waals surface area contributed by atoms with Crippen molar-refractivity contribution in [3.63, 3.8) is 0 Å². The molecule has 1 unspecified atom stereocenters. The fraction of sp³-hybridized carbons (Fsp3) is 0.300. The predicted molar refractivity (Wildman–Crippen MR) is 46.8 cm³/mol. The minimum absolute atomic E-state index is 0.0279. The molecule has 0 saturated heterocycles. The van der Waals surface area contributed by atoms with Crippen LogP contribution in [0.5, 0.6) is 0 Å². The van der Waals surface area contributed by atoms with Gasteiger partial charge in [-0.05, 0) is 30.0 Å². The molecule has 0 saturated carbocycles. The van der Waals surface area contributed by atoms with Crippen LogP contribution in [0.3, 0.4) is 0 Å². The largest absolute Gasteiger partial charge is 0.369 e. The van der Waals surface area contributed by atoms with Crippen LogP contribution in [0.15, 0.2) is 18.2 Å². The summed E-state index contributed by atoms with van der Waals surface area (Å²) in [5, 5.41) is 0. The van der Waals surface area contributed by atoms with Crippen LogP contribution in [0.25, 0.3) is 0 Å². The van der Waals surface area contributed by atoms with E-state index in [1.807, 2.05) is 12.1 Å². The Bertz CT molecular complexity index is 344. The number of hydrogen-bond acceptors (Lipinski definition) is 1. The molecule has 0 fully saturated rings. The Morgan fingerprint density at radius 2 is 2.33 bits per heavy atom. The first-order valence-corrected chi connectivity index (χ1v) is 4.08. The first-order valence-electron chi connectivity index (χ1n) is 4.08. The molecule has 0 bridgehead atoms. The zero-order valence-electron chi connectivity index (χ0n) is 7.00. The molecule has 2 N–H and O–H groups in total. The van der Waals surface area contributed by atoms with E-state index in [0.717, 1.165) is 12.0 Å². The lowest BCUT2D eigenvalue weighted by Gasteiger charge is -2.29. The Morgan fingerprint density at radius 1 is 1.58 bits per heavy atom. The van der Waals surface area contributed by atoms with Gasteiger partial charge in [0, 0.05) is 0 Å². The van der Waals surface area contributed by atoms with Crippen LogP contribution in [0.1, 0.15) is 22.6 Å². The smallest absolute Gasteiger partial charge is 0.225 e. The molecule has 62 valence electrons. The minimum atomic E-state index is -0.201. The van der Waals surface area contributed by atoms with Gasteiger partial charge < -0.3 is 5.73 Å². The quantitative estimate of drug-likeness (QED) is 0.659. The molecule has 1 atom stereocenters. The monoisotopic (exact) mass is 161 g/mol. The number of amides is 1. The van der Waals surface area contributed by atoms with Crippen LogP contribution in [-0.2, 0) is 11.2 Å². The highest BCUT2D eigenvalue weighted by atomic mass is 16.1. The Hall–Kier alpha value is -1.31. The highest BCUT2D eigenvalue weighted by Crippen LogP contribution is 2.36. The van der Waals surface area contributed by atoms with Crippen molar-refractivity contribution in [2.75, 3.05) is 0 Å². The van der Waals surface area contributed by atoms with Crippen LogP contribution in [0.4, 0.5) is 0 Å². The Kier molecular flexibility index (Phi) is 1.43. The van der Waals surface area contributed by atoms with Gasteiger partial charge in [-0.25, -0.2) is 0 Å². The molecular formula is C10H11NO. The summed E-state index contributed by atoms with van der Waals surface area (Å²) in [6, 6.07) is 6.03. The van der Waals surface area contributed by atoms with Gasteiger partial charge in [-0.1, -0.05) is 18.2 Å². The molecule has 0 aromatic heterocycles. The van der Waals surface area contributed by atoms with Crippen molar-refractivity contribution in [1.82, 2.24) is 0 Å². The molecule has 1 aromatic carbocycles. The van der Waals surface area contributed by atoms with E-state index in [1.165, 1.54) is 11.1 Å². The van der Waals surface area contributed by atoms with Gasteiger partial charge in [-0.3, -0.25) is 4.79 Å². The number of aryl methyl sites for hydroxylation is 1. The SMILES string of the molecule is Cc1cccc2c1CC2C(N)=O. The molecule has 1 amide bonds. The van der Waals surface area contributed by atoms with Crippen molar-refractivity contribution >= 4 is 5.91 Å². The van der Waals surface area contributed by atoms with Crippen molar-refractivity contribution in [2.45, 2.75) is 19.3 Å². The van der Waals surface area contributed by atoms with E-state index < -0.39 is 0 Å². The molecule has 0 heterocycles. The van der Waals surface area contributed by atoms with Gasteiger partial charge in [-0.2, -0.15) is 0 Å². The molecule has 1 aliphatic carbocycles. The normalized spacial score (nSPS) is 19.6. The third-order valence-corrected chi connectivity index (χ3v) is 2.57. The van der Waals surface area contributed by atoms with E-state index in [1.54, 1.807) is 0 Å². The molecule has 2 nitrogen and oxygen atoms in total. The average molecular weight is 161 g/mol. The lowest BCUT2D eigenvalue weighted by Crippen LogP contribution is -2.31. The minimum Gasteiger partial charge on any atom is -0.369 e. The van der Waals surface area contributed by atoms with E-state index in [-0.39, 0.29) is 11.8 Å². The van der Waals surface area contributed by atoms with Crippen molar-refractivity contribution < 1.29 is 4.79 Å². The lowest BCUT2D eigenvalue weighted by atomic mass is 9.75. The first-order chi connectivity index (χ1) is 5.70. The fourth-order valence-electron chi connectivity index (χ4n) is 1.77. The van der Waals surface area contributed by atoms with Crippen molar-refractivity contribution in [3.05, 3.63) is 34.9 Å². The van der Waals surface area contributed by atoms with Crippen molar-refractivity contribution in [3.8, 4) is 0 Å². The summed E-state index contributed by atoms with van der Waals surface area (Å²) in [4.78, 5) is 10.9. The van der Waals surface area contributed by atoms with E-state index in [2.05, 4.69) is 13.0 Å². The molecule has 2 rings (SSSR count). The third kappa shape index (κ3) is 0.843. The maximum absolute atomic E-state index is 10.9. The van der Waals surface area contributed by atoms with Crippen LogP contribution >= 0.6 is 0 Å². The average Bonchev–Trinajstić information content (AvgIpc) is 1.92. The Balaban J connectivity index is 2.42. The summed E-state index contributed by atoms with van der Waals surface area (Å²) >= 11 is 0. The highest BCUT2D eigenvalue weighted by Gasteiger charge is 2.31. The van der Waals surface area contributed by atoms with Gasteiger partial charge in [-0.15, -0.1) is 0 Å². The van der Waals surface area contributed by atoms with Gasteiger partial charge in [0.15, 0.2) is 0 Å². The van der Waals surface area contributed by atoms with Gasteiger partial charge >= 0.3 is 0 Å². The van der Waals surface area contributed by atoms with Crippen molar-refractivity contribution in [2.24, 2.45) is 5.73 Å². The maximum atomic E-state index is 10.9. The molecule has 0 spiro atoms. The Labute approximate surface area is 71.4 Å². The van der Waals surface area contributed by atoms with E-state index in [0.29, 0.717) is 0 Å². The van der Waals surface area contributed by atoms with Gasteiger partial charge in [0.2, 0.25) is 5.91 Å². The Morgan fingerprint density at radius 3 is 3.00 bits per heavy atom. The maximum Gasteiger partial charge on any atom is 0.225 e. The molecule has 0 aliphatic heterocycles. The zero-order valence-corrected chi connectivity index (χ0v) is 7.00. The number of hydrogen-bond donors (Lipinski definition) is 1. The number of nitrogens with two attached hydrogens (primary N) is 1. The number of primary amides is 1. The van der Waals surface area contributed by atoms with E-state index in [4.69, 9.17) is 5.73 Å². The summed E-state index contributed by atoms with van der Waals surface area (Å²) in [5.41, 5.74) is 8.93. The molecule has 1 aliphatic rings. The van der Waals surface area contributed by atoms with Gasteiger partial charge in [0.1, 0.15) is 0 Å². The molecular weight excluding hydrogens is 150 g/mol. The number of rotatable bonds is 1. The summed E-state index contributed by atoms with van der Waals surface area (Å²) in [7, 11) is 0. The molecule has 1 aromatic rings. The number of carbonyl (C=O) groups is 1. The van der Waals surface area contributed by atoms with Gasteiger partial charge in [0.05, 0.1) is 5.92 Å². The van der Waals surface area contributed by atoms with Crippen LogP contribution in [-0.4, -0.2) is 5.91 Å². The topological polar surface area (TPSA) is 43.1 Å². The second-order valence-electron chi connectivity index (χ2n) is 3.30. The summed E-state index contributed by atoms with van der Waals surface area (Å²) in [6.07, 6.45) is 0.831. The first kappa shape index (κ1) is 7.35. The van der Waals surface area contributed by atoms with Gasteiger partial charge in [0.25, 0.3) is 0 Å². The predicted octanol–water partition coefficient (Wildman–Crippen LogP) is 1.12. The highest BCUT2D eigenvalue weighted by molar-refractivity contribution is 5.85. The van der Waals surface area contributed by atoms with Crippen molar-refractivity contribution in [1.29, 1.82) is 0 Å². The van der Waals surface area contributed by atoms with E-state index in [9.17, 15) is 4.79 Å². The number of benzene rings is 1. The molecule has 2 heteroatoms. The van der Waals surface area contributed by atoms with Crippen LogP contribution < -0.4 is 5.73 Å². The van der Waals surface area contributed by atoms with Crippen LogP contribution in [0, 0.1) is 6.92 Å². The second-order valence-corrected chi connectivity index (χ2v) is 3.30. The summed E-state index contributed by atoms with van der Waals surface area (Å²) in [5.74, 6) is -0.229. The van der Waals surface area contributed by atoms with E-state index >= 15 is 0 Å². The lowest BCUT2D eigenvalue weighted by molar-refractivity contribution is -0.119. The number of fused-ring (bicyclic) bond motifs is 1. The summed E-state index contributed by atoms with van der Waals surface area (Å²) < 4.78 is 0. The summed E-state index contributed by atoms with van der Waals surface area (Å²) in [6.45, 7) is 2.07. The molecule has 12 heavy (non-hydrogen) atoms. The van der Waals surface area contributed by atoms with Crippen LogP contribution in [0.2, 0.25) is 0 Å².